The smallest absolute Gasteiger partial charge is 0.187 e. The van der Waals surface area contributed by atoms with Crippen LogP contribution in [-0.2, 0) is 13.0 Å². The van der Waals surface area contributed by atoms with E-state index in [9.17, 15) is 0 Å². The highest BCUT2D eigenvalue weighted by Crippen LogP contribution is 2.14. The molecule has 0 spiro atoms. The van der Waals surface area contributed by atoms with E-state index in [1.165, 1.54) is 11.3 Å². The predicted octanol–water partition coefficient (Wildman–Crippen LogP) is 0.844. The summed E-state index contributed by atoms with van der Waals surface area (Å²) in [5.74, 6) is 0. The Morgan fingerprint density at radius 2 is 2.50 bits per heavy atom. The number of aromatic nitrogens is 2. The van der Waals surface area contributed by atoms with Crippen molar-refractivity contribution in [2.45, 2.75) is 18.1 Å². The van der Waals surface area contributed by atoms with Crippen LogP contribution in [0.4, 0.5) is 0 Å². The van der Waals surface area contributed by atoms with Gasteiger partial charge in [0, 0.05) is 12.7 Å². The fourth-order valence-electron chi connectivity index (χ4n) is 1.31. The molecule has 0 atom stereocenters. The monoisotopic (exact) mass is 181 g/mol. The second-order valence-electron chi connectivity index (χ2n) is 2.76. The highest BCUT2D eigenvalue weighted by Gasteiger charge is 2.10. The highest BCUT2D eigenvalue weighted by molar-refractivity contribution is 7.98. The van der Waals surface area contributed by atoms with Gasteiger partial charge in [0.05, 0.1) is 5.69 Å². The molecular weight excluding hydrogens is 170 g/mol. The molecule has 0 unspecified atom stereocenters. The summed E-state index contributed by atoms with van der Waals surface area (Å²) in [6.07, 6.45) is 5.01. The Balaban J connectivity index is 2.36. The van der Waals surface area contributed by atoms with Gasteiger partial charge in [-0.05, 0) is 24.8 Å². The van der Waals surface area contributed by atoms with Gasteiger partial charge in [0.2, 0.25) is 0 Å². The maximum Gasteiger partial charge on any atom is 0.187 e. The van der Waals surface area contributed by atoms with Crippen molar-refractivity contribution >= 4 is 11.8 Å². The van der Waals surface area contributed by atoms with Crippen LogP contribution in [0, 0.1) is 0 Å². The molecule has 0 bridgehead atoms. The average Bonchev–Trinajstić information content (AvgIpc) is 2.17. The number of hydrogen-bond acceptors (Lipinski definition) is 4. The first-order valence-corrected chi connectivity index (χ1v) is 5.22. The largest absolute Gasteiger partial charge is 0.311 e. The SMILES string of the molecule is CSc1ncc2c(n1)CNCC2. The van der Waals surface area contributed by atoms with E-state index in [0.29, 0.717) is 0 Å². The zero-order valence-corrected chi connectivity index (χ0v) is 7.82. The maximum absolute atomic E-state index is 4.42. The normalized spacial score (nSPS) is 15.8. The third-order valence-electron chi connectivity index (χ3n) is 1.98. The molecule has 12 heavy (non-hydrogen) atoms. The number of fused-ring (bicyclic) bond motifs is 1. The maximum atomic E-state index is 4.42. The van der Waals surface area contributed by atoms with Gasteiger partial charge in [-0.2, -0.15) is 0 Å². The average molecular weight is 181 g/mol. The molecule has 2 heterocycles. The van der Waals surface area contributed by atoms with Crippen molar-refractivity contribution in [2.24, 2.45) is 0 Å². The second-order valence-corrected chi connectivity index (χ2v) is 3.53. The minimum atomic E-state index is 0.873. The lowest BCUT2D eigenvalue weighted by molar-refractivity contribution is 0.613. The van der Waals surface area contributed by atoms with Crippen LogP contribution in [0.3, 0.4) is 0 Å². The molecule has 1 aromatic heterocycles. The van der Waals surface area contributed by atoms with Crippen molar-refractivity contribution in [2.75, 3.05) is 12.8 Å². The minimum Gasteiger partial charge on any atom is -0.311 e. The molecule has 0 saturated carbocycles. The lowest BCUT2D eigenvalue weighted by Crippen LogP contribution is -2.25. The predicted molar refractivity (Wildman–Crippen MR) is 49.2 cm³/mol. The second kappa shape index (κ2) is 3.41. The molecule has 3 nitrogen and oxygen atoms in total. The molecule has 0 aliphatic carbocycles. The van der Waals surface area contributed by atoms with Crippen LogP contribution in [-0.4, -0.2) is 22.8 Å². The molecule has 1 aliphatic rings. The third kappa shape index (κ3) is 1.44. The first kappa shape index (κ1) is 8.01. The summed E-state index contributed by atoms with van der Waals surface area (Å²) in [6, 6.07) is 0. The Kier molecular flexibility index (Phi) is 2.28. The lowest BCUT2D eigenvalue weighted by Gasteiger charge is -2.15. The van der Waals surface area contributed by atoms with Crippen LogP contribution in [0.25, 0.3) is 0 Å². The summed E-state index contributed by atoms with van der Waals surface area (Å²) in [5.41, 5.74) is 2.46. The van der Waals surface area contributed by atoms with Crippen LogP contribution in [0.2, 0.25) is 0 Å². The van der Waals surface area contributed by atoms with Gasteiger partial charge in [0.1, 0.15) is 0 Å². The summed E-state index contributed by atoms with van der Waals surface area (Å²) in [4.78, 5) is 8.66. The number of hydrogen-bond donors (Lipinski definition) is 1. The Morgan fingerprint density at radius 3 is 3.33 bits per heavy atom. The van der Waals surface area contributed by atoms with Gasteiger partial charge in [-0.3, -0.25) is 0 Å². The van der Waals surface area contributed by atoms with Gasteiger partial charge < -0.3 is 5.32 Å². The molecule has 1 aromatic rings. The molecule has 0 saturated heterocycles. The molecule has 2 rings (SSSR count). The van der Waals surface area contributed by atoms with E-state index in [2.05, 4.69) is 15.3 Å². The quantitative estimate of drug-likeness (QED) is 0.515. The summed E-state index contributed by atoms with van der Waals surface area (Å²) < 4.78 is 0. The van der Waals surface area contributed by atoms with E-state index in [-0.39, 0.29) is 0 Å². The summed E-state index contributed by atoms with van der Waals surface area (Å²) in [5, 5.41) is 4.17. The van der Waals surface area contributed by atoms with Crippen LogP contribution in [0.1, 0.15) is 11.3 Å². The van der Waals surface area contributed by atoms with E-state index in [1.54, 1.807) is 11.8 Å². The van der Waals surface area contributed by atoms with Crippen molar-refractivity contribution in [3.05, 3.63) is 17.5 Å². The van der Waals surface area contributed by atoms with E-state index < -0.39 is 0 Å². The van der Waals surface area contributed by atoms with Gasteiger partial charge >= 0.3 is 0 Å². The number of nitrogens with zero attached hydrogens (tertiary/aromatic N) is 2. The summed E-state index contributed by atoms with van der Waals surface area (Å²) in [7, 11) is 0. The van der Waals surface area contributed by atoms with Crippen molar-refractivity contribution in [1.82, 2.24) is 15.3 Å². The molecule has 1 aliphatic heterocycles. The number of rotatable bonds is 1. The fourth-order valence-corrected chi connectivity index (χ4v) is 1.67. The van der Waals surface area contributed by atoms with Gasteiger partial charge in [-0.1, -0.05) is 11.8 Å². The van der Waals surface area contributed by atoms with Crippen molar-refractivity contribution in [3.63, 3.8) is 0 Å². The van der Waals surface area contributed by atoms with Crippen LogP contribution >= 0.6 is 11.8 Å². The molecule has 64 valence electrons. The number of thioether (sulfide) groups is 1. The first-order valence-electron chi connectivity index (χ1n) is 3.99. The zero-order valence-electron chi connectivity index (χ0n) is 7.00. The third-order valence-corrected chi connectivity index (χ3v) is 2.54. The minimum absolute atomic E-state index is 0.873. The summed E-state index contributed by atoms with van der Waals surface area (Å²) in [6.45, 7) is 1.94. The van der Waals surface area contributed by atoms with Crippen LogP contribution in [0.15, 0.2) is 11.4 Å². The van der Waals surface area contributed by atoms with E-state index in [4.69, 9.17) is 0 Å². The van der Waals surface area contributed by atoms with Gasteiger partial charge in [-0.25, -0.2) is 9.97 Å². The molecule has 0 radical (unpaired) electrons. The highest BCUT2D eigenvalue weighted by atomic mass is 32.2. The van der Waals surface area contributed by atoms with Crippen molar-refractivity contribution in [3.8, 4) is 0 Å². The summed E-state index contributed by atoms with van der Waals surface area (Å²) >= 11 is 1.59. The fraction of sp³-hybridized carbons (Fsp3) is 0.500. The lowest BCUT2D eigenvalue weighted by atomic mass is 10.1. The van der Waals surface area contributed by atoms with Crippen LogP contribution < -0.4 is 5.32 Å². The number of nitrogens with one attached hydrogen (secondary N) is 1. The van der Waals surface area contributed by atoms with Crippen molar-refractivity contribution < 1.29 is 0 Å². The van der Waals surface area contributed by atoms with E-state index in [0.717, 1.165) is 24.7 Å². The molecule has 1 N–H and O–H groups in total. The van der Waals surface area contributed by atoms with Crippen molar-refractivity contribution in [1.29, 1.82) is 0 Å². The Bertz CT molecular complexity index is 288. The topological polar surface area (TPSA) is 37.8 Å². The molecule has 0 amide bonds. The standard InChI is InChI=1S/C8H11N3S/c1-12-8-10-4-6-2-3-9-5-7(6)11-8/h4,9H,2-3,5H2,1H3. The molecular formula is C8H11N3S. The van der Waals surface area contributed by atoms with Gasteiger partial charge in [0.25, 0.3) is 0 Å². The Hall–Kier alpha value is -0.610. The Morgan fingerprint density at radius 1 is 1.58 bits per heavy atom. The Labute approximate surface area is 76.0 Å². The molecule has 0 fully saturated rings. The van der Waals surface area contributed by atoms with E-state index in [1.807, 2.05) is 12.5 Å². The molecule has 0 aromatic carbocycles. The van der Waals surface area contributed by atoms with Crippen LogP contribution in [0.5, 0.6) is 0 Å². The molecule has 4 heteroatoms. The van der Waals surface area contributed by atoms with Gasteiger partial charge in [0.15, 0.2) is 5.16 Å². The van der Waals surface area contributed by atoms with E-state index >= 15 is 0 Å². The zero-order chi connectivity index (χ0) is 8.39. The first-order chi connectivity index (χ1) is 5.90. The van der Waals surface area contributed by atoms with Gasteiger partial charge in [-0.15, -0.1) is 0 Å².